The summed E-state index contributed by atoms with van der Waals surface area (Å²) in [4.78, 5) is 2.48. The van der Waals surface area contributed by atoms with Gasteiger partial charge >= 0.3 is 155 Å². The van der Waals surface area contributed by atoms with Crippen molar-refractivity contribution in [2.45, 2.75) is 67.9 Å². The molecule has 1 aliphatic heterocycles. The van der Waals surface area contributed by atoms with E-state index in [1.807, 2.05) is 0 Å². The van der Waals surface area contributed by atoms with Crippen molar-refractivity contribution in [2.24, 2.45) is 10.8 Å². The van der Waals surface area contributed by atoms with Crippen LogP contribution < -0.4 is 0 Å². The molecule has 21 heavy (non-hydrogen) atoms. The Morgan fingerprint density at radius 1 is 1.05 bits per heavy atom. The molecule has 0 aromatic carbocycles. The standard InChI is InChI=1S/C13H22N.C5H9.2W/c1-12(2,3)9-11-7-8-14(10-11)13(4,5)6;1-5(2,3)4;;/h8,10H2,1-6H3;1-3H3;;/q2*-1;;. The predicted octanol–water partition coefficient (Wildman–Crippen LogP) is 3.85. The Morgan fingerprint density at radius 2 is 1.48 bits per heavy atom. The zero-order valence-electron chi connectivity index (χ0n) is 15.2. The van der Waals surface area contributed by atoms with Crippen molar-refractivity contribution < 1.29 is 38.7 Å². The number of hydrogen-bond donors (Lipinski definition) is 0. The topological polar surface area (TPSA) is 3.24 Å². The molecule has 0 aromatic rings. The number of hydrogen-bond acceptors (Lipinski definition) is 1. The fraction of sp³-hybridized carbons (Fsp3) is 0.778. The van der Waals surface area contributed by atoms with Gasteiger partial charge in [0.25, 0.3) is 0 Å². The molecule has 122 valence electrons. The first-order valence-corrected chi connectivity index (χ1v) is 10.4. The first-order chi connectivity index (χ1) is 9.18. The first kappa shape index (κ1) is 21.8. The van der Waals surface area contributed by atoms with Crippen LogP contribution in [0.15, 0.2) is 5.57 Å². The molecule has 1 heterocycles. The van der Waals surface area contributed by atoms with Gasteiger partial charge in [0, 0.05) is 0 Å². The Bertz CT molecular complexity index is 400. The molecule has 1 rings (SSSR count). The summed E-state index contributed by atoms with van der Waals surface area (Å²) in [6.07, 6.45) is 3.55. The van der Waals surface area contributed by atoms with Crippen molar-refractivity contribution in [3.05, 3.63) is 11.6 Å². The van der Waals surface area contributed by atoms with E-state index < -0.39 is 0 Å². The van der Waals surface area contributed by atoms with Gasteiger partial charge in [-0.2, -0.15) is 0 Å². The average Bonchev–Trinajstić information content (AvgIpc) is 2.75. The third-order valence-corrected chi connectivity index (χ3v) is 8.33. The molecule has 0 aliphatic carbocycles. The second-order valence-electron chi connectivity index (χ2n) is 8.61. The molecule has 0 unspecified atom stereocenters. The summed E-state index contributed by atoms with van der Waals surface area (Å²) in [6, 6.07) is 0. The molecular weight excluding hydrogens is 598 g/mol. The van der Waals surface area contributed by atoms with Crippen molar-refractivity contribution in [3.8, 4) is 0 Å². The predicted molar refractivity (Wildman–Crippen MR) is 87.0 cm³/mol. The van der Waals surface area contributed by atoms with E-state index in [1.165, 1.54) is 24.9 Å². The molecule has 0 spiro atoms. The fourth-order valence-corrected chi connectivity index (χ4v) is 2.06. The molecule has 3 heteroatoms. The van der Waals surface area contributed by atoms with E-state index in [1.54, 1.807) is 23.3 Å². The van der Waals surface area contributed by atoms with Crippen LogP contribution in [0.25, 0.3) is 0 Å². The van der Waals surface area contributed by atoms with Gasteiger partial charge in [0.2, 0.25) is 0 Å². The van der Waals surface area contributed by atoms with Crippen LogP contribution in [0.1, 0.15) is 62.3 Å². The Kier molecular flexibility index (Phi) is 8.39. The van der Waals surface area contributed by atoms with Crippen LogP contribution in [-0.2, 0) is 38.7 Å². The van der Waals surface area contributed by atoms with Gasteiger partial charge in [0.05, 0.1) is 0 Å². The van der Waals surface area contributed by atoms with E-state index >= 15 is 0 Å². The molecule has 0 saturated heterocycles. The molecule has 0 radical (unpaired) electrons. The third-order valence-electron chi connectivity index (χ3n) is 3.04. The maximum absolute atomic E-state index is 3.55. The zero-order valence-corrected chi connectivity index (χ0v) is 21.0. The van der Waals surface area contributed by atoms with Gasteiger partial charge in [-0.25, -0.2) is 0 Å². The summed E-state index contributed by atoms with van der Waals surface area (Å²) in [5.41, 5.74) is 2.36. The second kappa shape index (κ2) is 8.08. The fourth-order valence-electron chi connectivity index (χ4n) is 1.57. The van der Waals surface area contributed by atoms with Crippen LogP contribution in [0.2, 0.25) is 0 Å². The van der Waals surface area contributed by atoms with E-state index in [-0.39, 0.29) is 5.54 Å². The summed E-state index contributed by atoms with van der Waals surface area (Å²) >= 11 is 3.04. The third kappa shape index (κ3) is 8.88. The van der Waals surface area contributed by atoms with Gasteiger partial charge in [-0.15, -0.1) is 0 Å². The summed E-state index contributed by atoms with van der Waals surface area (Å²) in [5, 5.41) is 0. The van der Waals surface area contributed by atoms with Crippen LogP contribution in [0, 0.1) is 16.9 Å². The maximum atomic E-state index is 3.55. The number of nitrogens with zero attached hydrogens (tertiary/aromatic N) is 1. The SMILES string of the molecule is CC(C)(C)[C-]=[W].CC(C)(C)[C](=[W])C1=[C-]CN(C(C)(C)C)C1. The van der Waals surface area contributed by atoms with Gasteiger partial charge in [0.1, 0.15) is 0 Å². The van der Waals surface area contributed by atoms with E-state index in [4.69, 9.17) is 0 Å². The van der Waals surface area contributed by atoms with Gasteiger partial charge in [-0.05, 0) is 0 Å². The van der Waals surface area contributed by atoms with E-state index in [0.29, 0.717) is 10.8 Å². The van der Waals surface area contributed by atoms with E-state index in [0.717, 1.165) is 13.1 Å². The van der Waals surface area contributed by atoms with E-state index in [2.05, 4.69) is 77.7 Å². The Labute approximate surface area is 154 Å². The van der Waals surface area contributed by atoms with Crippen molar-refractivity contribution in [2.75, 3.05) is 13.1 Å². The zero-order chi connectivity index (χ0) is 17.1. The molecule has 0 N–H and O–H groups in total. The van der Waals surface area contributed by atoms with Gasteiger partial charge in [-0.1, -0.05) is 0 Å². The van der Waals surface area contributed by atoms with Crippen molar-refractivity contribution in [1.82, 2.24) is 4.90 Å². The Hall–Kier alpha value is 0.817. The molecule has 0 aromatic heterocycles. The normalized spacial score (nSPS) is 16.9. The Morgan fingerprint density at radius 3 is 1.71 bits per heavy atom. The first-order valence-electron chi connectivity index (χ1n) is 7.47. The molecular formula is C18H31NW2-2. The average molecular weight is 629 g/mol. The molecule has 1 aliphatic rings. The minimum absolute atomic E-state index is 0.266. The van der Waals surface area contributed by atoms with Crippen molar-refractivity contribution in [3.63, 3.8) is 0 Å². The van der Waals surface area contributed by atoms with Gasteiger partial charge in [-0.3, -0.25) is 0 Å². The summed E-state index contributed by atoms with van der Waals surface area (Å²) < 4.78 is 4.75. The minimum atomic E-state index is 0.266. The monoisotopic (exact) mass is 629 g/mol. The summed E-state index contributed by atoms with van der Waals surface area (Å²) in [5.74, 6) is 0. The van der Waals surface area contributed by atoms with Crippen molar-refractivity contribution in [1.29, 1.82) is 0 Å². The van der Waals surface area contributed by atoms with Gasteiger partial charge in [0.15, 0.2) is 0 Å². The van der Waals surface area contributed by atoms with Crippen LogP contribution in [0.5, 0.6) is 0 Å². The molecule has 0 bridgehead atoms. The summed E-state index contributed by atoms with van der Waals surface area (Å²) in [6.45, 7) is 22.2. The molecule has 1 nitrogen and oxygen atoms in total. The van der Waals surface area contributed by atoms with Crippen LogP contribution in [0.3, 0.4) is 0 Å². The summed E-state index contributed by atoms with van der Waals surface area (Å²) in [7, 11) is 0. The number of rotatable bonds is 1. The van der Waals surface area contributed by atoms with Gasteiger partial charge < -0.3 is 0 Å². The van der Waals surface area contributed by atoms with Crippen molar-refractivity contribution >= 4 is 8.30 Å². The van der Waals surface area contributed by atoms with E-state index in [9.17, 15) is 0 Å². The Balaban J connectivity index is 0.000000567. The molecule has 0 fully saturated rings. The van der Waals surface area contributed by atoms with Crippen LogP contribution >= 0.6 is 0 Å². The van der Waals surface area contributed by atoms with Crippen LogP contribution in [0.4, 0.5) is 0 Å². The second-order valence-corrected chi connectivity index (χ2v) is 10.8. The van der Waals surface area contributed by atoms with Crippen LogP contribution in [-0.4, -0.2) is 31.8 Å². The molecule has 0 saturated carbocycles. The molecule has 0 amide bonds. The molecule has 0 atom stereocenters. The quantitative estimate of drug-likeness (QED) is 0.399.